The van der Waals surface area contributed by atoms with Crippen LogP contribution in [-0.2, 0) is 12.7 Å². The molecule has 1 aromatic carbocycles. The lowest BCUT2D eigenvalue weighted by molar-refractivity contribution is -0.146. The molecule has 6 nitrogen and oxygen atoms in total. The van der Waals surface area contributed by atoms with Crippen LogP contribution in [0.15, 0.2) is 30.3 Å². The number of halogens is 4. The highest BCUT2D eigenvalue weighted by atomic mass is 19.4. The molecule has 0 saturated carbocycles. The highest BCUT2D eigenvalue weighted by molar-refractivity contribution is 5.50. The molecule has 0 saturated heterocycles. The molecule has 0 aliphatic heterocycles. The monoisotopic (exact) mass is 382 g/mol. The number of fused-ring (bicyclic) bond motifs is 1. The minimum atomic E-state index is -4.66. The van der Waals surface area contributed by atoms with Gasteiger partial charge in [-0.2, -0.15) is 17.7 Å². The minimum absolute atomic E-state index is 0.0116. The number of rotatable bonds is 6. The maximum atomic E-state index is 14.3. The van der Waals surface area contributed by atoms with Crippen LogP contribution in [0.2, 0.25) is 0 Å². The first-order valence-corrected chi connectivity index (χ1v) is 8.40. The van der Waals surface area contributed by atoms with Gasteiger partial charge in [-0.3, -0.25) is 0 Å². The topological polar surface area (TPSA) is 58.3 Å². The Kier molecular flexibility index (Phi) is 5.15. The van der Waals surface area contributed by atoms with E-state index in [1.807, 2.05) is 18.7 Å². The molecule has 144 valence electrons. The van der Waals surface area contributed by atoms with E-state index in [1.165, 1.54) is 18.2 Å². The van der Waals surface area contributed by atoms with E-state index in [0.717, 1.165) is 0 Å². The summed E-state index contributed by atoms with van der Waals surface area (Å²) in [5, 5.41) is 13.3. The maximum Gasteiger partial charge on any atom is 0.453 e. The van der Waals surface area contributed by atoms with Gasteiger partial charge < -0.3 is 10.2 Å². The maximum absolute atomic E-state index is 14.3. The van der Waals surface area contributed by atoms with E-state index < -0.39 is 12.0 Å². The molecule has 0 unspecified atom stereocenters. The molecule has 2 heterocycles. The van der Waals surface area contributed by atoms with Crippen molar-refractivity contribution in [1.29, 1.82) is 0 Å². The largest absolute Gasteiger partial charge is 0.453 e. The molecule has 0 amide bonds. The second kappa shape index (κ2) is 7.37. The van der Waals surface area contributed by atoms with Gasteiger partial charge in [-0.1, -0.05) is 6.07 Å². The number of nitrogens with one attached hydrogen (secondary N) is 1. The second-order valence-electron chi connectivity index (χ2n) is 5.82. The second-order valence-corrected chi connectivity index (χ2v) is 5.82. The summed E-state index contributed by atoms with van der Waals surface area (Å²) in [4.78, 5) is 1.90. The van der Waals surface area contributed by atoms with Crippen LogP contribution in [-0.4, -0.2) is 32.9 Å². The van der Waals surface area contributed by atoms with E-state index in [1.54, 1.807) is 12.1 Å². The normalized spacial score (nSPS) is 11.8. The van der Waals surface area contributed by atoms with Gasteiger partial charge in [0, 0.05) is 19.6 Å². The lowest BCUT2D eigenvalue weighted by atomic mass is 10.1. The number of hydrogen-bond acceptors (Lipinski definition) is 5. The molecule has 3 aromatic rings. The van der Waals surface area contributed by atoms with Crippen LogP contribution in [0, 0.1) is 5.82 Å². The first-order chi connectivity index (χ1) is 12.8. The third-order valence-electron chi connectivity index (χ3n) is 4.11. The fourth-order valence-electron chi connectivity index (χ4n) is 2.73. The predicted molar refractivity (Wildman–Crippen MR) is 93.1 cm³/mol. The van der Waals surface area contributed by atoms with E-state index in [-0.39, 0.29) is 23.8 Å². The van der Waals surface area contributed by atoms with Crippen molar-refractivity contribution in [3.63, 3.8) is 0 Å². The van der Waals surface area contributed by atoms with Gasteiger partial charge in [-0.25, -0.2) is 4.39 Å². The number of anilines is 2. The molecule has 0 bridgehead atoms. The molecule has 0 aliphatic rings. The van der Waals surface area contributed by atoms with Crippen molar-refractivity contribution in [3.05, 3.63) is 47.5 Å². The Morgan fingerprint density at radius 3 is 2.44 bits per heavy atom. The average molecular weight is 382 g/mol. The molecule has 10 heteroatoms. The summed E-state index contributed by atoms with van der Waals surface area (Å²) in [5.41, 5.74) is 1.15. The van der Waals surface area contributed by atoms with E-state index in [4.69, 9.17) is 0 Å². The molecule has 0 radical (unpaired) electrons. The fraction of sp³-hybridized carbons (Fsp3) is 0.353. The lowest BCUT2D eigenvalue weighted by Gasteiger charge is -2.22. The van der Waals surface area contributed by atoms with Gasteiger partial charge in [0.2, 0.25) is 0 Å². The molecule has 27 heavy (non-hydrogen) atoms. The number of alkyl halides is 3. The first kappa shape index (κ1) is 18.9. The van der Waals surface area contributed by atoms with Gasteiger partial charge >= 0.3 is 6.18 Å². The molecule has 0 atom stereocenters. The molecule has 0 spiro atoms. The van der Waals surface area contributed by atoms with Crippen molar-refractivity contribution in [2.75, 3.05) is 23.3 Å². The van der Waals surface area contributed by atoms with Crippen molar-refractivity contribution >= 4 is 17.2 Å². The van der Waals surface area contributed by atoms with Gasteiger partial charge in [0.25, 0.3) is 5.82 Å². The summed E-state index contributed by atoms with van der Waals surface area (Å²) in [6, 6.07) is 7.73. The molecule has 1 N–H and O–H groups in total. The molecular weight excluding hydrogens is 364 g/mol. The SMILES string of the molecule is CCN(CC)c1ccc(CNc2ccc3nnc(C(F)(F)F)n3n2)cc1F. The first-order valence-electron chi connectivity index (χ1n) is 8.40. The minimum Gasteiger partial charge on any atom is -0.370 e. The van der Waals surface area contributed by atoms with Crippen LogP contribution in [0.25, 0.3) is 5.65 Å². The Hall–Kier alpha value is -2.91. The highest BCUT2D eigenvalue weighted by Crippen LogP contribution is 2.27. The van der Waals surface area contributed by atoms with Crippen molar-refractivity contribution in [3.8, 4) is 0 Å². The summed E-state index contributed by atoms with van der Waals surface area (Å²) in [6.07, 6.45) is -4.66. The summed E-state index contributed by atoms with van der Waals surface area (Å²) >= 11 is 0. The van der Waals surface area contributed by atoms with Crippen LogP contribution in [0.5, 0.6) is 0 Å². The van der Waals surface area contributed by atoms with Crippen LogP contribution in [0.3, 0.4) is 0 Å². The zero-order valence-electron chi connectivity index (χ0n) is 14.8. The van der Waals surface area contributed by atoms with Crippen LogP contribution in [0.4, 0.5) is 29.1 Å². The fourth-order valence-corrected chi connectivity index (χ4v) is 2.73. The zero-order chi connectivity index (χ0) is 19.6. The van der Waals surface area contributed by atoms with Gasteiger partial charge in [0.15, 0.2) is 5.65 Å². The molecular formula is C17H18F4N6. The van der Waals surface area contributed by atoms with Crippen molar-refractivity contribution in [2.24, 2.45) is 0 Å². The van der Waals surface area contributed by atoms with Crippen LogP contribution >= 0.6 is 0 Å². The summed E-state index contributed by atoms with van der Waals surface area (Å²) in [6.45, 7) is 5.48. The third kappa shape index (κ3) is 3.93. The van der Waals surface area contributed by atoms with E-state index in [0.29, 0.717) is 28.9 Å². The van der Waals surface area contributed by atoms with Gasteiger partial charge in [0.1, 0.15) is 11.6 Å². The average Bonchev–Trinajstić information content (AvgIpc) is 3.06. The lowest BCUT2D eigenvalue weighted by Crippen LogP contribution is -2.23. The molecule has 3 rings (SSSR count). The van der Waals surface area contributed by atoms with Crippen LogP contribution in [0.1, 0.15) is 25.2 Å². The van der Waals surface area contributed by atoms with Crippen LogP contribution < -0.4 is 10.2 Å². The zero-order valence-corrected chi connectivity index (χ0v) is 14.8. The molecule has 2 aromatic heterocycles. The van der Waals surface area contributed by atoms with Crippen molar-refractivity contribution in [1.82, 2.24) is 19.8 Å². The van der Waals surface area contributed by atoms with Crippen molar-refractivity contribution in [2.45, 2.75) is 26.6 Å². The number of nitrogens with zero attached hydrogens (tertiary/aromatic N) is 5. The van der Waals surface area contributed by atoms with Gasteiger partial charge in [0.05, 0.1) is 5.69 Å². The molecule has 0 fully saturated rings. The van der Waals surface area contributed by atoms with E-state index >= 15 is 0 Å². The Bertz CT molecular complexity index is 933. The van der Waals surface area contributed by atoms with E-state index in [9.17, 15) is 17.6 Å². The molecule has 0 aliphatic carbocycles. The Labute approximate surface area is 152 Å². The smallest absolute Gasteiger partial charge is 0.370 e. The van der Waals surface area contributed by atoms with Gasteiger partial charge in [-0.15, -0.1) is 15.3 Å². The Morgan fingerprint density at radius 1 is 1.07 bits per heavy atom. The summed E-state index contributed by atoms with van der Waals surface area (Å²) in [5.74, 6) is -1.35. The quantitative estimate of drug-likeness (QED) is 0.658. The number of benzene rings is 1. The number of hydrogen-bond donors (Lipinski definition) is 1. The van der Waals surface area contributed by atoms with Crippen molar-refractivity contribution < 1.29 is 17.6 Å². The Balaban J connectivity index is 1.78. The summed E-state index contributed by atoms with van der Waals surface area (Å²) < 4.78 is 53.7. The summed E-state index contributed by atoms with van der Waals surface area (Å²) in [7, 11) is 0. The van der Waals surface area contributed by atoms with Gasteiger partial charge in [-0.05, 0) is 43.7 Å². The predicted octanol–water partition coefficient (Wildman–Crippen LogP) is 3.74. The number of aromatic nitrogens is 4. The Morgan fingerprint density at radius 2 is 1.81 bits per heavy atom. The van der Waals surface area contributed by atoms with E-state index in [2.05, 4.69) is 20.6 Å². The third-order valence-corrected chi connectivity index (χ3v) is 4.11. The highest BCUT2D eigenvalue weighted by Gasteiger charge is 2.37. The standard InChI is InChI=1S/C17H18F4N6/c1-3-26(4-2)13-6-5-11(9-12(13)18)10-22-14-7-8-15-23-24-16(17(19,20)21)27(15)25-14/h5-9H,3-4,10H2,1-2H3,(H,22,25).